The highest BCUT2D eigenvalue weighted by Crippen LogP contribution is 2.42. The number of ether oxygens (including phenoxy) is 1. The van der Waals surface area contributed by atoms with E-state index in [0.29, 0.717) is 31.4 Å². The molecule has 2 N–H and O–H groups in total. The molecule has 33 heavy (non-hydrogen) atoms. The molecule has 180 valence electrons. The highest BCUT2D eigenvalue weighted by molar-refractivity contribution is 7.92. The van der Waals surface area contributed by atoms with Crippen LogP contribution in [0.5, 0.6) is 0 Å². The third kappa shape index (κ3) is 5.40. The first kappa shape index (κ1) is 24.8. The first-order chi connectivity index (χ1) is 15.6. The smallest absolute Gasteiger partial charge is 0.338 e. The summed E-state index contributed by atoms with van der Waals surface area (Å²) in [6.07, 6.45) is 6.78. The minimum atomic E-state index is -3.85. The van der Waals surface area contributed by atoms with E-state index in [1.165, 1.54) is 12.5 Å². The lowest BCUT2D eigenvalue weighted by Gasteiger charge is -2.38. The van der Waals surface area contributed by atoms with Gasteiger partial charge in [0.05, 0.1) is 11.9 Å². The number of imidazole rings is 1. The maximum atomic E-state index is 13.1. The number of anilines is 1. The van der Waals surface area contributed by atoms with Crippen molar-refractivity contribution < 1.29 is 23.1 Å². The van der Waals surface area contributed by atoms with Crippen LogP contribution in [0.2, 0.25) is 0 Å². The lowest BCUT2D eigenvalue weighted by atomic mass is 9.80. The van der Waals surface area contributed by atoms with Crippen molar-refractivity contribution in [1.82, 2.24) is 9.55 Å². The average molecular weight is 476 g/mol. The van der Waals surface area contributed by atoms with Crippen molar-refractivity contribution in [2.45, 2.75) is 75.8 Å². The van der Waals surface area contributed by atoms with Crippen molar-refractivity contribution in [1.29, 1.82) is 0 Å². The molecule has 0 fully saturated rings. The Morgan fingerprint density at radius 2 is 1.94 bits per heavy atom. The van der Waals surface area contributed by atoms with Crippen molar-refractivity contribution in [2.75, 3.05) is 4.72 Å². The molecule has 0 spiro atoms. The van der Waals surface area contributed by atoms with Gasteiger partial charge in [0.2, 0.25) is 0 Å². The van der Waals surface area contributed by atoms with Gasteiger partial charge in [-0.15, -0.1) is 0 Å². The Kier molecular flexibility index (Phi) is 7.51. The van der Waals surface area contributed by atoms with Crippen molar-refractivity contribution in [3.05, 3.63) is 53.7 Å². The summed E-state index contributed by atoms with van der Waals surface area (Å²) >= 11 is 0. The number of nitrogens with one attached hydrogen (secondary N) is 1. The Morgan fingerprint density at radius 1 is 1.24 bits per heavy atom. The summed E-state index contributed by atoms with van der Waals surface area (Å²) < 4.78 is 35.3. The fraction of sp³-hybridized carbons (Fsp3) is 0.500. The Morgan fingerprint density at radius 3 is 2.48 bits per heavy atom. The van der Waals surface area contributed by atoms with Crippen LogP contribution in [0.25, 0.3) is 0 Å². The Bertz CT molecular complexity index is 1130. The van der Waals surface area contributed by atoms with Gasteiger partial charge in [0.1, 0.15) is 11.4 Å². The number of benzene rings is 1. The van der Waals surface area contributed by atoms with E-state index in [1.54, 1.807) is 29.8 Å². The molecule has 3 rings (SSSR count). The number of aryl methyl sites for hydroxylation is 1. The normalized spacial score (nSPS) is 17.0. The molecule has 1 aromatic carbocycles. The number of aromatic nitrogens is 2. The molecule has 1 aromatic heterocycles. The summed E-state index contributed by atoms with van der Waals surface area (Å²) in [6, 6.07) is 6.86. The molecule has 0 radical (unpaired) electrons. The van der Waals surface area contributed by atoms with Crippen molar-refractivity contribution in [3.63, 3.8) is 0 Å². The molecule has 1 unspecified atom stereocenters. The summed E-state index contributed by atoms with van der Waals surface area (Å²) in [5.74, 6) is -0.843. The van der Waals surface area contributed by atoms with Gasteiger partial charge in [-0.3, -0.25) is 4.72 Å². The van der Waals surface area contributed by atoms with E-state index in [9.17, 15) is 18.3 Å². The van der Waals surface area contributed by atoms with Crippen molar-refractivity contribution >= 4 is 21.7 Å². The van der Waals surface area contributed by atoms with Gasteiger partial charge in [-0.1, -0.05) is 45.7 Å². The van der Waals surface area contributed by atoms with Crippen molar-refractivity contribution in [3.8, 4) is 0 Å². The van der Waals surface area contributed by atoms with E-state index >= 15 is 0 Å². The number of rotatable bonds is 10. The largest absolute Gasteiger partial charge is 0.512 e. The number of nitrogens with zero attached hydrogens (tertiary/aromatic N) is 2. The van der Waals surface area contributed by atoms with Gasteiger partial charge in [0, 0.05) is 31.3 Å². The zero-order valence-corrected chi connectivity index (χ0v) is 20.5. The SMILES string of the molecule is CCCC1(CCC)CC(O)=C(C(CC)c2cccc(NS(=O)(=O)c3cn(C)cn3)c2)C(=O)O1. The second kappa shape index (κ2) is 9.99. The maximum Gasteiger partial charge on any atom is 0.338 e. The van der Waals surface area contributed by atoms with E-state index in [0.717, 1.165) is 18.4 Å². The monoisotopic (exact) mass is 475 g/mol. The van der Waals surface area contributed by atoms with Gasteiger partial charge in [-0.2, -0.15) is 8.42 Å². The molecule has 0 amide bonds. The van der Waals surface area contributed by atoms with Gasteiger partial charge in [-0.05, 0) is 37.0 Å². The summed E-state index contributed by atoms with van der Waals surface area (Å²) in [5, 5.41) is 10.9. The lowest BCUT2D eigenvalue weighted by molar-refractivity contribution is -0.161. The maximum absolute atomic E-state index is 13.1. The number of hydrogen-bond donors (Lipinski definition) is 2. The van der Waals surface area contributed by atoms with Gasteiger partial charge >= 0.3 is 5.97 Å². The van der Waals surface area contributed by atoms with E-state index in [2.05, 4.69) is 9.71 Å². The first-order valence-corrected chi connectivity index (χ1v) is 12.9. The second-order valence-corrected chi connectivity index (χ2v) is 10.3. The van der Waals surface area contributed by atoms with Crippen molar-refractivity contribution in [2.24, 2.45) is 7.05 Å². The molecule has 1 aliphatic heterocycles. The van der Waals surface area contributed by atoms with Gasteiger partial charge in [0.15, 0.2) is 5.03 Å². The molecular formula is C24H33N3O5S. The Balaban J connectivity index is 1.91. The molecule has 0 saturated heterocycles. The minimum absolute atomic E-state index is 0.0690. The van der Waals surface area contributed by atoms with E-state index in [-0.39, 0.29) is 16.4 Å². The van der Waals surface area contributed by atoms with Crippen LogP contribution >= 0.6 is 0 Å². The highest BCUT2D eigenvalue weighted by atomic mass is 32.2. The van der Waals surface area contributed by atoms with Gasteiger partial charge in [-0.25, -0.2) is 9.78 Å². The molecule has 0 saturated carbocycles. The van der Waals surface area contributed by atoms with Crippen LogP contribution in [0.15, 0.2) is 53.1 Å². The number of carbonyl (C=O) groups excluding carboxylic acids is 1. The first-order valence-electron chi connectivity index (χ1n) is 11.4. The van der Waals surface area contributed by atoms with Gasteiger partial charge < -0.3 is 14.4 Å². The number of cyclic esters (lactones) is 1. The van der Waals surface area contributed by atoms with Crippen LogP contribution in [-0.2, 0) is 26.6 Å². The zero-order valence-electron chi connectivity index (χ0n) is 19.7. The number of hydrogen-bond acceptors (Lipinski definition) is 6. The molecule has 2 heterocycles. The summed E-state index contributed by atoms with van der Waals surface area (Å²) in [6.45, 7) is 5.99. The van der Waals surface area contributed by atoms with Crippen LogP contribution in [0.4, 0.5) is 5.69 Å². The van der Waals surface area contributed by atoms with Crippen LogP contribution in [0, 0.1) is 0 Å². The number of aliphatic hydroxyl groups is 1. The third-order valence-electron chi connectivity index (χ3n) is 6.00. The highest BCUT2D eigenvalue weighted by Gasteiger charge is 2.42. The Labute approximate surface area is 195 Å². The number of sulfonamides is 1. The fourth-order valence-corrected chi connectivity index (χ4v) is 5.66. The van der Waals surface area contributed by atoms with Gasteiger partial charge in [0.25, 0.3) is 10.0 Å². The number of esters is 1. The Hall–Kier alpha value is -2.81. The van der Waals surface area contributed by atoms with Crippen LogP contribution in [0.1, 0.15) is 70.8 Å². The minimum Gasteiger partial charge on any atom is -0.512 e. The molecule has 0 aliphatic carbocycles. The molecule has 2 aromatic rings. The number of aliphatic hydroxyl groups excluding tert-OH is 1. The molecular weight excluding hydrogens is 442 g/mol. The van der Waals surface area contributed by atoms with Crippen LogP contribution in [0.3, 0.4) is 0 Å². The summed E-state index contributed by atoms with van der Waals surface area (Å²) in [4.78, 5) is 17.0. The standard InChI is InChI=1S/C24H33N3O5S/c1-5-11-24(12-6-2)14-20(28)22(23(29)32-24)19(7-3)17-9-8-10-18(13-17)26-33(30,31)21-15-27(4)16-25-21/h8-10,13,15-16,19,26,28H,5-7,11-12,14H2,1-4H3. The molecule has 9 heteroatoms. The van der Waals surface area contributed by atoms with Crippen LogP contribution < -0.4 is 4.72 Å². The summed E-state index contributed by atoms with van der Waals surface area (Å²) in [7, 11) is -2.16. The predicted octanol–water partition coefficient (Wildman–Crippen LogP) is 4.81. The molecule has 1 atom stereocenters. The quantitative estimate of drug-likeness (QED) is 0.477. The molecule has 0 bridgehead atoms. The van der Waals surface area contributed by atoms with E-state index in [1.807, 2.05) is 26.8 Å². The van der Waals surface area contributed by atoms with E-state index in [4.69, 9.17) is 4.74 Å². The summed E-state index contributed by atoms with van der Waals surface area (Å²) in [5.41, 5.74) is 0.667. The second-order valence-electron chi connectivity index (χ2n) is 8.68. The molecule has 1 aliphatic rings. The molecule has 8 nitrogen and oxygen atoms in total. The zero-order chi connectivity index (χ0) is 24.2. The number of carbonyl (C=O) groups is 1. The fourth-order valence-electron chi connectivity index (χ4n) is 4.62. The van der Waals surface area contributed by atoms with Crippen LogP contribution in [-0.4, -0.2) is 34.6 Å². The average Bonchev–Trinajstić information content (AvgIpc) is 3.18. The third-order valence-corrected chi connectivity index (χ3v) is 7.26. The topological polar surface area (TPSA) is 111 Å². The van der Waals surface area contributed by atoms with E-state index < -0.39 is 27.5 Å². The predicted molar refractivity (Wildman–Crippen MR) is 126 cm³/mol. The lowest BCUT2D eigenvalue weighted by Crippen LogP contribution is -2.41.